The van der Waals surface area contributed by atoms with E-state index in [2.05, 4.69) is 18.8 Å². The first-order chi connectivity index (χ1) is 8.79. The third-order valence-corrected chi connectivity index (χ3v) is 3.80. The maximum atomic E-state index is 11.8. The standard InChI is InChI=1S/C17H20O/c1-2-14-11-12-17(18)16(13-14)10-6-9-15-7-4-3-5-8-15/h3-5,7-8,14,16H,2,10-13H2,1H3. The van der Waals surface area contributed by atoms with Crippen LogP contribution in [0, 0.1) is 23.7 Å². The average molecular weight is 240 g/mol. The van der Waals surface area contributed by atoms with E-state index in [1.54, 1.807) is 0 Å². The first-order valence-corrected chi connectivity index (χ1v) is 6.86. The summed E-state index contributed by atoms with van der Waals surface area (Å²) in [6.07, 6.45) is 4.80. The average Bonchev–Trinajstić information content (AvgIpc) is 2.42. The fourth-order valence-electron chi connectivity index (χ4n) is 2.57. The van der Waals surface area contributed by atoms with Crippen LogP contribution in [0.2, 0.25) is 0 Å². The highest BCUT2D eigenvalue weighted by Crippen LogP contribution is 2.30. The summed E-state index contributed by atoms with van der Waals surface area (Å²) >= 11 is 0. The molecule has 2 atom stereocenters. The Morgan fingerprint density at radius 1 is 1.28 bits per heavy atom. The third kappa shape index (κ3) is 3.47. The van der Waals surface area contributed by atoms with Gasteiger partial charge in [0.25, 0.3) is 0 Å². The molecule has 0 aliphatic heterocycles. The third-order valence-electron chi connectivity index (χ3n) is 3.80. The molecule has 1 nitrogen and oxygen atoms in total. The number of carbonyl (C=O) groups is 1. The largest absolute Gasteiger partial charge is 0.299 e. The van der Waals surface area contributed by atoms with Gasteiger partial charge < -0.3 is 0 Å². The van der Waals surface area contributed by atoms with E-state index in [9.17, 15) is 4.79 Å². The minimum Gasteiger partial charge on any atom is -0.299 e. The quantitative estimate of drug-likeness (QED) is 0.718. The molecule has 1 aliphatic rings. The van der Waals surface area contributed by atoms with E-state index >= 15 is 0 Å². The van der Waals surface area contributed by atoms with E-state index in [1.165, 1.54) is 6.42 Å². The molecular formula is C17H20O. The van der Waals surface area contributed by atoms with Crippen LogP contribution in [-0.2, 0) is 4.79 Å². The molecule has 0 spiro atoms. The topological polar surface area (TPSA) is 17.1 Å². The number of hydrogen-bond acceptors (Lipinski definition) is 1. The van der Waals surface area contributed by atoms with Crippen LogP contribution in [0.5, 0.6) is 0 Å². The lowest BCUT2D eigenvalue weighted by atomic mass is 9.78. The van der Waals surface area contributed by atoms with Gasteiger partial charge in [0.05, 0.1) is 0 Å². The van der Waals surface area contributed by atoms with E-state index in [0.29, 0.717) is 5.78 Å². The maximum Gasteiger partial charge on any atom is 0.136 e. The van der Waals surface area contributed by atoms with Crippen molar-refractivity contribution in [3.05, 3.63) is 35.9 Å². The van der Waals surface area contributed by atoms with Gasteiger partial charge in [0.15, 0.2) is 0 Å². The number of hydrogen-bond donors (Lipinski definition) is 0. The Morgan fingerprint density at radius 2 is 2.06 bits per heavy atom. The zero-order chi connectivity index (χ0) is 12.8. The molecule has 0 amide bonds. The molecule has 0 heterocycles. The van der Waals surface area contributed by atoms with Gasteiger partial charge in [0, 0.05) is 24.3 Å². The van der Waals surface area contributed by atoms with Gasteiger partial charge in [-0.05, 0) is 30.9 Å². The predicted octanol–water partition coefficient (Wildman–Crippen LogP) is 3.82. The molecule has 1 aliphatic carbocycles. The summed E-state index contributed by atoms with van der Waals surface area (Å²) in [6, 6.07) is 9.97. The molecule has 0 N–H and O–H groups in total. The molecule has 1 aromatic rings. The molecule has 1 fully saturated rings. The van der Waals surface area contributed by atoms with Gasteiger partial charge in [-0.25, -0.2) is 0 Å². The number of benzene rings is 1. The van der Waals surface area contributed by atoms with Crippen molar-refractivity contribution in [2.75, 3.05) is 0 Å². The van der Waals surface area contributed by atoms with Crippen LogP contribution in [0.4, 0.5) is 0 Å². The second kappa shape index (κ2) is 6.40. The highest BCUT2D eigenvalue weighted by Gasteiger charge is 2.26. The minimum absolute atomic E-state index is 0.180. The van der Waals surface area contributed by atoms with Gasteiger partial charge >= 0.3 is 0 Å². The van der Waals surface area contributed by atoms with E-state index in [-0.39, 0.29) is 5.92 Å². The van der Waals surface area contributed by atoms with Gasteiger partial charge in [-0.1, -0.05) is 43.4 Å². The van der Waals surface area contributed by atoms with Crippen molar-refractivity contribution in [1.82, 2.24) is 0 Å². The second-order valence-corrected chi connectivity index (χ2v) is 5.08. The molecule has 1 heteroatoms. The maximum absolute atomic E-state index is 11.8. The van der Waals surface area contributed by atoms with Crippen LogP contribution in [0.3, 0.4) is 0 Å². The summed E-state index contributed by atoms with van der Waals surface area (Å²) in [5, 5.41) is 0. The second-order valence-electron chi connectivity index (χ2n) is 5.08. The fraction of sp³-hybridized carbons (Fsp3) is 0.471. The summed E-state index contributed by atoms with van der Waals surface area (Å²) in [4.78, 5) is 11.8. The molecule has 1 aromatic carbocycles. The van der Waals surface area contributed by atoms with Crippen LogP contribution < -0.4 is 0 Å². The van der Waals surface area contributed by atoms with Gasteiger partial charge in [0.1, 0.15) is 5.78 Å². The van der Waals surface area contributed by atoms with Crippen LogP contribution in [0.15, 0.2) is 30.3 Å². The van der Waals surface area contributed by atoms with Crippen molar-refractivity contribution in [1.29, 1.82) is 0 Å². The Hall–Kier alpha value is -1.55. The first kappa shape index (κ1) is 12.9. The Bertz CT molecular complexity index is 449. The smallest absolute Gasteiger partial charge is 0.136 e. The highest BCUT2D eigenvalue weighted by atomic mass is 16.1. The zero-order valence-electron chi connectivity index (χ0n) is 11.0. The number of ketones is 1. The minimum atomic E-state index is 0.180. The Kier molecular flexibility index (Phi) is 4.59. The first-order valence-electron chi connectivity index (χ1n) is 6.86. The molecule has 0 bridgehead atoms. The summed E-state index contributed by atoms with van der Waals surface area (Å²) in [7, 11) is 0. The molecule has 94 valence electrons. The SMILES string of the molecule is CCC1CCC(=O)C(CC#Cc2ccccc2)C1. The van der Waals surface area contributed by atoms with Crippen molar-refractivity contribution < 1.29 is 4.79 Å². The lowest BCUT2D eigenvalue weighted by molar-refractivity contribution is -0.125. The van der Waals surface area contributed by atoms with Crippen molar-refractivity contribution in [2.24, 2.45) is 11.8 Å². The number of rotatable bonds is 2. The van der Waals surface area contributed by atoms with E-state index < -0.39 is 0 Å². The summed E-state index contributed by atoms with van der Waals surface area (Å²) in [5.41, 5.74) is 1.03. The van der Waals surface area contributed by atoms with Gasteiger partial charge in [0.2, 0.25) is 0 Å². The van der Waals surface area contributed by atoms with E-state index in [1.807, 2.05) is 30.3 Å². The van der Waals surface area contributed by atoms with Crippen molar-refractivity contribution in [2.45, 2.75) is 39.0 Å². The molecule has 0 radical (unpaired) electrons. The zero-order valence-corrected chi connectivity index (χ0v) is 11.0. The Balaban J connectivity index is 1.93. The van der Waals surface area contributed by atoms with Gasteiger partial charge in [-0.3, -0.25) is 4.79 Å². The Morgan fingerprint density at radius 3 is 2.78 bits per heavy atom. The molecule has 1 saturated carbocycles. The van der Waals surface area contributed by atoms with Crippen LogP contribution in [-0.4, -0.2) is 5.78 Å². The summed E-state index contributed by atoms with van der Waals surface area (Å²) in [6.45, 7) is 2.22. The van der Waals surface area contributed by atoms with Crippen LogP contribution in [0.1, 0.15) is 44.6 Å². The molecular weight excluding hydrogens is 220 g/mol. The predicted molar refractivity (Wildman–Crippen MR) is 74.1 cm³/mol. The van der Waals surface area contributed by atoms with Crippen LogP contribution >= 0.6 is 0 Å². The summed E-state index contributed by atoms with van der Waals surface area (Å²) < 4.78 is 0. The highest BCUT2D eigenvalue weighted by molar-refractivity contribution is 5.82. The Labute approximate surface area is 110 Å². The van der Waals surface area contributed by atoms with Crippen LogP contribution in [0.25, 0.3) is 0 Å². The number of Topliss-reactive ketones (excluding diaryl/α,β-unsaturated/α-hetero) is 1. The molecule has 18 heavy (non-hydrogen) atoms. The lowest BCUT2D eigenvalue weighted by Crippen LogP contribution is -2.24. The van der Waals surface area contributed by atoms with Crippen molar-refractivity contribution in [3.8, 4) is 11.8 Å². The lowest BCUT2D eigenvalue weighted by Gasteiger charge is -2.25. The van der Waals surface area contributed by atoms with Gasteiger partial charge in [-0.15, -0.1) is 0 Å². The van der Waals surface area contributed by atoms with Crippen molar-refractivity contribution >= 4 is 5.78 Å². The number of carbonyl (C=O) groups excluding carboxylic acids is 1. The molecule has 0 aromatic heterocycles. The molecule has 0 saturated heterocycles. The van der Waals surface area contributed by atoms with E-state index in [4.69, 9.17) is 0 Å². The fourth-order valence-corrected chi connectivity index (χ4v) is 2.57. The normalized spacial score (nSPS) is 23.3. The summed E-state index contributed by atoms with van der Waals surface area (Å²) in [5.74, 6) is 7.65. The monoisotopic (exact) mass is 240 g/mol. The van der Waals surface area contributed by atoms with Crippen molar-refractivity contribution in [3.63, 3.8) is 0 Å². The van der Waals surface area contributed by atoms with E-state index in [0.717, 1.165) is 37.2 Å². The molecule has 2 unspecified atom stereocenters. The van der Waals surface area contributed by atoms with Gasteiger partial charge in [-0.2, -0.15) is 0 Å². The molecule has 2 rings (SSSR count).